The third kappa shape index (κ3) is 3.62. The first-order valence-electron chi connectivity index (χ1n) is 6.33. The van der Waals surface area contributed by atoms with Crippen molar-refractivity contribution in [2.45, 2.75) is 32.7 Å². The van der Waals surface area contributed by atoms with Crippen LogP contribution < -0.4 is 5.32 Å². The van der Waals surface area contributed by atoms with Crippen molar-refractivity contribution in [1.82, 2.24) is 15.3 Å². The molecule has 0 radical (unpaired) electrons. The molecule has 0 aliphatic carbocycles. The van der Waals surface area contributed by atoms with Crippen molar-refractivity contribution in [3.63, 3.8) is 0 Å². The van der Waals surface area contributed by atoms with Gasteiger partial charge in [0.1, 0.15) is 0 Å². The van der Waals surface area contributed by atoms with Gasteiger partial charge < -0.3 is 5.32 Å². The molecule has 0 aromatic carbocycles. The lowest BCUT2D eigenvalue weighted by molar-refractivity contribution is 0.520. The summed E-state index contributed by atoms with van der Waals surface area (Å²) in [4.78, 5) is 9.93. The molecule has 0 spiro atoms. The van der Waals surface area contributed by atoms with Crippen LogP contribution >= 0.6 is 11.3 Å². The molecular formula is C14H19N3S. The molecule has 0 aliphatic heterocycles. The van der Waals surface area contributed by atoms with Crippen molar-refractivity contribution in [3.05, 3.63) is 46.2 Å². The topological polar surface area (TPSA) is 37.8 Å². The fourth-order valence-electron chi connectivity index (χ4n) is 1.89. The summed E-state index contributed by atoms with van der Waals surface area (Å²) >= 11 is 1.70. The number of rotatable bonds is 6. The molecule has 96 valence electrons. The maximum absolute atomic E-state index is 4.50. The molecular weight excluding hydrogens is 242 g/mol. The SMILES string of the molecule is CCCNC(Cc1cncs1)c1cc(C)ccn1. The summed E-state index contributed by atoms with van der Waals surface area (Å²) in [5.74, 6) is 0. The van der Waals surface area contributed by atoms with E-state index >= 15 is 0 Å². The number of hydrogen-bond donors (Lipinski definition) is 1. The van der Waals surface area contributed by atoms with Crippen LogP contribution in [-0.4, -0.2) is 16.5 Å². The fourth-order valence-corrected chi connectivity index (χ4v) is 2.54. The predicted octanol–water partition coefficient (Wildman–Crippen LogP) is 3.13. The Kier molecular flexibility index (Phi) is 4.84. The van der Waals surface area contributed by atoms with E-state index in [1.807, 2.05) is 24.0 Å². The molecule has 18 heavy (non-hydrogen) atoms. The van der Waals surface area contributed by atoms with Gasteiger partial charge in [0.25, 0.3) is 0 Å². The second-order valence-electron chi connectivity index (χ2n) is 4.44. The van der Waals surface area contributed by atoms with Crippen LogP contribution in [-0.2, 0) is 6.42 Å². The number of hydrogen-bond acceptors (Lipinski definition) is 4. The Morgan fingerprint density at radius 1 is 1.44 bits per heavy atom. The standard InChI is InChI=1S/C14H19N3S/c1-3-5-16-14(8-12-9-15-10-18-12)13-7-11(2)4-6-17-13/h4,6-7,9-10,14,16H,3,5,8H2,1-2H3. The van der Waals surface area contributed by atoms with Gasteiger partial charge in [-0.1, -0.05) is 6.92 Å². The molecule has 0 amide bonds. The summed E-state index contributed by atoms with van der Waals surface area (Å²) in [7, 11) is 0. The number of pyridine rings is 1. The normalized spacial score (nSPS) is 12.6. The quantitative estimate of drug-likeness (QED) is 0.868. The Morgan fingerprint density at radius 3 is 3.00 bits per heavy atom. The summed E-state index contributed by atoms with van der Waals surface area (Å²) in [5, 5.41) is 3.57. The second kappa shape index (κ2) is 6.61. The lowest BCUT2D eigenvalue weighted by Gasteiger charge is -2.17. The minimum atomic E-state index is 0.283. The van der Waals surface area contributed by atoms with Crippen LogP contribution in [0.2, 0.25) is 0 Å². The van der Waals surface area contributed by atoms with Crippen LogP contribution in [0.25, 0.3) is 0 Å². The molecule has 3 nitrogen and oxygen atoms in total. The molecule has 4 heteroatoms. The third-order valence-corrected chi connectivity index (χ3v) is 3.63. The van der Waals surface area contributed by atoms with Crippen LogP contribution in [0.5, 0.6) is 0 Å². The van der Waals surface area contributed by atoms with Crippen LogP contribution in [0.1, 0.15) is 35.5 Å². The van der Waals surface area contributed by atoms with E-state index < -0.39 is 0 Å². The molecule has 2 heterocycles. The Balaban J connectivity index is 2.13. The molecule has 2 aromatic heterocycles. The van der Waals surface area contributed by atoms with Gasteiger partial charge in [-0.15, -0.1) is 11.3 Å². The van der Waals surface area contributed by atoms with Gasteiger partial charge in [0.15, 0.2) is 0 Å². The molecule has 2 aromatic rings. The minimum Gasteiger partial charge on any atom is -0.308 e. The molecule has 1 unspecified atom stereocenters. The zero-order valence-corrected chi connectivity index (χ0v) is 11.7. The van der Waals surface area contributed by atoms with E-state index in [1.165, 1.54) is 10.4 Å². The summed E-state index contributed by atoms with van der Waals surface area (Å²) in [6.45, 7) is 5.30. The molecule has 2 rings (SSSR count). The Bertz CT molecular complexity index is 468. The Morgan fingerprint density at radius 2 is 2.33 bits per heavy atom. The third-order valence-electron chi connectivity index (χ3n) is 2.82. The highest BCUT2D eigenvalue weighted by Gasteiger charge is 2.13. The first kappa shape index (κ1) is 13.2. The zero-order chi connectivity index (χ0) is 12.8. The predicted molar refractivity (Wildman–Crippen MR) is 75.8 cm³/mol. The van der Waals surface area contributed by atoms with Gasteiger partial charge in [-0.05, 0) is 37.6 Å². The minimum absolute atomic E-state index is 0.283. The number of nitrogens with zero attached hydrogens (tertiary/aromatic N) is 2. The van der Waals surface area contributed by atoms with Crippen LogP contribution in [0.15, 0.2) is 30.0 Å². The summed E-state index contributed by atoms with van der Waals surface area (Å²) in [6.07, 6.45) is 5.92. The van der Waals surface area contributed by atoms with Crippen molar-refractivity contribution < 1.29 is 0 Å². The smallest absolute Gasteiger partial charge is 0.0794 e. The number of aromatic nitrogens is 2. The van der Waals surface area contributed by atoms with Crippen molar-refractivity contribution in [3.8, 4) is 0 Å². The average Bonchev–Trinajstić information content (AvgIpc) is 2.87. The van der Waals surface area contributed by atoms with Gasteiger partial charge in [-0.2, -0.15) is 0 Å². The number of aryl methyl sites for hydroxylation is 1. The summed E-state index contributed by atoms with van der Waals surface area (Å²) < 4.78 is 0. The van der Waals surface area contributed by atoms with E-state index in [4.69, 9.17) is 0 Å². The van der Waals surface area contributed by atoms with Gasteiger partial charge in [-0.3, -0.25) is 9.97 Å². The molecule has 0 fully saturated rings. The van der Waals surface area contributed by atoms with Crippen LogP contribution in [0, 0.1) is 6.92 Å². The summed E-state index contributed by atoms with van der Waals surface area (Å²) in [5.41, 5.74) is 4.26. The van der Waals surface area contributed by atoms with E-state index in [9.17, 15) is 0 Å². The van der Waals surface area contributed by atoms with E-state index in [0.29, 0.717) is 0 Å². The highest BCUT2D eigenvalue weighted by atomic mass is 32.1. The van der Waals surface area contributed by atoms with Crippen LogP contribution in [0.3, 0.4) is 0 Å². The largest absolute Gasteiger partial charge is 0.308 e. The van der Waals surface area contributed by atoms with Gasteiger partial charge in [-0.25, -0.2) is 0 Å². The summed E-state index contributed by atoms with van der Waals surface area (Å²) in [6, 6.07) is 4.48. The zero-order valence-electron chi connectivity index (χ0n) is 10.9. The van der Waals surface area contributed by atoms with Gasteiger partial charge in [0.2, 0.25) is 0 Å². The molecule has 1 atom stereocenters. The average molecular weight is 261 g/mol. The highest BCUT2D eigenvalue weighted by molar-refractivity contribution is 7.09. The maximum atomic E-state index is 4.50. The number of nitrogens with one attached hydrogen (secondary N) is 1. The first-order chi connectivity index (χ1) is 8.79. The van der Waals surface area contributed by atoms with Crippen molar-refractivity contribution >= 4 is 11.3 Å². The van der Waals surface area contributed by atoms with Gasteiger partial charge in [0.05, 0.1) is 17.2 Å². The number of thiazole rings is 1. The fraction of sp³-hybridized carbons (Fsp3) is 0.429. The van der Waals surface area contributed by atoms with E-state index in [-0.39, 0.29) is 6.04 Å². The Hall–Kier alpha value is -1.26. The molecule has 0 saturated carbocycles. The van der Waals surface area contributed by atoms with E-state index in [2.05, 4.69) is 35.2 Å². The van der Waals surface area contributed by atoms with E-state index in [0.717, 1.165) is 25.1 Å². The lowest BCUT2D eigenvalue weighted by atomic mass is 10.1. The molecule has 1 N–H and O–H groups in total. The van der Waals surface area contributed by atoms with Crippen molar-refractivity contribution in [1.29, 1.82) is 0 Å². The Labute approximate surface area is 112 Å². The van der Waals surface area contributed by atoms with Crippen molar-refractivity contribution in [2.24, 2.45) is 0 Å². The molecule has 0 bridgehead atoms. The van der Waals surface area contributed by atoms with Crippen molar-refractivity contribution in [2.75, 3.05) is 6.54 Å². The maximum Gasteiger partial charge on any atom is 0.0794 e. The lowest BCUT2D eigenvalue weighted by Crippen LogP contribution is -2.24. The molecule has 0 saturated heterocycles. The van der Waals surface area contributed by atoms with Gasteiger partial charge >= 0.3 is 0 Å². The van der Waals surface area contributed by atoms with E-state index in [1.54, 1.807) is 11.3 Å². The second-order valence-corrected chi connectivity index (χ2v) is 5.41. The first-order valence-corrected chi connectivity index (χ1v) is 7.21. The van der Waals surface area contributed by atoms with Crippen LogP contribution in [0.4, 0.5) is 0 Å². The van der Waals surface area contributed by atoms with Gasteiger partial charge in [0, 0.05) is 23.7 Å². The molecule has 0 aliphatic rings. The monoisotopic (exact) mass is 261 g/mol. The highest BCUT2D eigenvalue weighted by Crippen LogP contribution is 2.19.